The fourth-order valence-corrected chi connectivity index (χ4v) is 2.35. The molecule has 1 fully saturated rings. The summed E-state index contributed by atoms with van der Waals surface area (Å²) in [6.45, 7) is 3.77. The van der Waals surface area contributed by atoms with Gasteiger partial charge in [0, 0.05) is 27.7 Å². The number of esters is 3. The van der Waals surface area contributed by atoms with Crippen molar-refractivity contribution in [2.45, 2.75) is 58.0 Å². The van der Waals surface area contributed by atoms with E-state index in [9.17, 15) is 29.4 Å². The molecule has 0 spiro atoms. The van der Waals surface area contributed by atoms with Crippen LogP contribution in [0.25, 0.3) is 0 Å². The number of hydrogen-bond donors (Lipinski definition) is 3. The number of carbonyl (C=O) groups is 4. The second-order valence-electron chi connectivity index (χ2n) is 5.44. The quantitative estimate of drug-likeness (QED) is 0.282. The van der Waals surface area contributed by atoms with Crippen LogP contribution in [0.5, 0.6) is 0 Å². The Morgan fingerprint density at radius 2 is 1.60 bits per heavy atom. The Bertz CT molecular complexity index is 550. The van der Waals surface area contributed by atoms with Crippen molar-refractivity contribution in [3.05, 3.63) is 0 Å². The Labute approximate surface area is 143 Å². The van der Waals surface area contributed by atoms with Crippen LogP contribution in [0.2, 0.25) is 0 Å². The Hall–Kier alpha value is -2.24. The Morgan fingerprint density at radius 3 is 2.04 bits per heavy atom. The largest absolute Gasteiger partial charge is 0.463 e. The summed E-state index contributed by atoms with van der Waals surface area (Å²) in [4.78, 5) is 45.1. The van der Waals surface area contributed by atoms with E-state index in [1.54, 1.807) is 0 Å². The maximum atomic E-state index is 11.4. The van der Waals surface area contributed by atoms with Gasteiger partial charge < -0.3 is 34.5 Å². The average Bonchev–Trinajstić information content (AvgIpc) is 2.44. The zero-order valence-corrected chi connectivity index (χ0v) is 14.2. The standard InChI is InChI=1S/C14H21NO10/c1-6(16)15-14(21)12(24-9(4)19)11(23-8(3)18)10(25-13(14)20)5-22-7(2)17/h10-13,20-21H,5H2,1-4H3,(H,15,16)/t10-,11-,12+,13?,14-/m1/s1. The highest BCUT2D eigenvalue weighted by Gasteiger charge is 2.60. The van der Waals surface area contributed by atoms with Gasteiger partial charge in [0.05, 0.1) is 0 Å². The number of aliphatic hydroxyl groups is 2. The molecule has 1 unspecified atom stereocenters. The molecule has 1 aliphatic heterocycles. The molecule has 3 N–H and O–H groups in total. The first-order valence-corrected chi connectivity index (χ1v) is 7.29. The van der Waals surface area contributed by atoms with Crippen molar-refractivity contribution in [2.75, 3.05) is 6.61 Å². The molecule has 1 saturated heterocycles. The van der Waals surface area contributed by atoms with Crippen LogP contribution in [-0.2, 0) is 38.1 Å². The summed E-state index contributed by atoms with van der Waals surface area (Å²) in [6, 6.07) is 0. The van der Waals surface area contributed by atoms with Crippen molar-refractivity contribution in [3.63, 3.8) is 0 Å². The lowest BCUT2D eigenvalue weighted by atomic mass is 9.92. The molecule has 5 atom stereocenters. The molecule has 1 rings (SSSR count). The molecule has 0 aromatic carbocycles. The van der Waals surface area contributed by atoms with Crippen molar-refractivity contribution in [1.82, 2.24) is 5.32 Å². The molecule has 1 amide bonds. The van der Waals surface area contributed by atoms with E-state index >= 15 is 0 Å². The van der Waals surface area contributed by atoms with E-state index < -0.39 is 60.7 Å². The van der Waals surface area contributed by atoms with Gasteiger partial charge in [-0.2, -0.15) is 0 Å². The lowest BCUT2D eigenvalue weighted by Crippen LogP contribution is -2.74. The molecule has 11 nitrogen and oxygen atoms in total. The van der Waals surface area contributed by atoms with Gasteiger partial charge in [-0.1, -0.05) is 0 Å². The van der Waals surface area contributed by atoms with Crippen molar-refractivity contribution in [1.29, 1.82) is 0 Å². The zero-order chi connectivity index (χ0) is 19.4. The predicted octanol–water partition coefficient (Wildman–Crippen LogP) is -2.05. The summed E-state index contributed by atoms with van der Waals surface area (Å²) >= 11 is 0. The molecule has 0 radical (unpaired) electrons. The summed E-state index contributed by atoms with van der Waals surface area (Å²) < 4.78 is 19.9. The van der Waals surface area contributed by atoms with Gasteiger partial charge in [0.25, 0.3) is 0 Å². The van der Waals surface area contributed by atoms with Gasteiger partial charge in [0.1, 0.15) is 12.7 Å². The van der Waals surface area contributed by atoms with Crippen molar-refractivity contribution in [3.8, 4) is 0 Å². The fourth-order valence-electron chi connectivity index (χ4n) is 2.35. The average molecular weight is 363 g/mol. The first-order chi connectivity index (χ1) is 11.5. The van der Waals surface area contributed by atoms with Crippen LogP contribution in [0, 0.1) is 0 Å². The molecular weight excluding hydrogens is 342 g/mol. The molecule has 25 heavy (non-hydrogen) atoms. The second kappa shape index (κ2) is 8.23. The molecule has 0 aromatic rings. The topological polar surface area (TPSA) is 158 Å². The summed E-state index contributed by atoms with van der Waals surface area (Å²) in [5.41, 5.74) is -2.59. The minimum Gasteiger partial charge on any atom is -0.463 e. The van der Waals surface area contributed by atoms with Crippen LogP contribution in [0.4, 0.5) is 0 Å². The Kier molecular flexibility index (Phi) is 6.85. The minimum atomic E-state index is -2.59. The number of nitrogens with one attached hydrogen (secondary N) is 1. The number of ether oxygens (including phenoxy) is 4. The smallest absolute Gasteiger partial charge is 0.303 e. The highest BCUT2D eigenvalue weighted by atomic mass is 16.7. The van der Waals surface area contributed by atoms with Gasteiger partial charge in [-0.05, 0) is 0 Å². The van der Waals surface area contributed by atoms with E-state index in [0.29, 0.717) is 0 Å². The van der Waals surface area contributed by atoms with E-state index in [4.69, 9.17) is 18.9 Å². The van der Waals surface area contributed by atoms with Crippen LogP contribution < -0.4 is 5.32 Å². The molecule has 0 aromatic heterocycles. The van der Waals surface area contributed by atoms with Gasteiger partial charge >= 0.3 is 17.9 Å². The number of carbonyl (C=O) groups excluding carboxylic acids is 4. The summed E-state index contributed by atoms with van der Waals surface area (Å²) in [5, 5.41) is 22.7. The monoisotopic (exact) mass is 363 g/mol. The molecule has 11 heteroatoms. The molecule has 1 heterocycles. The lowest BCUT2D eigenvalue weighted by Gasteiger charge is -2.48. The van der Waals surface area contributed by atoms with Crippen LogP contribution in [0.3, 0.4) is 0 Å². The van der Waals surface area contributed by atoms with Gasteiger partial charge in [-0.25, -0.2) is 0 Å². The Balaban J connectivity index is 3.26. The number of amides is 1. The van der Waals surface area contributed by atoms with Crippen molar-refractivity contribution < 1.29 is 48.3 Å². The van der Waals surface area contributed by atoms with E-state index in [1.807, 2.05) is 5.32 Å². The van der Waals surface area contributed by atoms with E-state index in [0.717, 1.165) is 27.7 Å². The molecule has 0 bridgehead atoms. The Morgan fingerprint density at radius 1 is 1.04 bits per heavy atom. The maximum Gasteiger partial charge on any atom is 0.303 e. The van der Waals surface area contributed by atoms with Crippen LogP contribution >= 0.6 is 0 Å². The van der Waals surface area contributed by atoms with Crippen molar-refractivity contribution >= 4 is 23.8 Å². The minimum absolute atomic E-state index is 0.460. The second-order valence-corrected chi connectivity index (χ2v) is 5.44. The van der Waals surface area contributed by atoms with Crippen LogP contribution in [0.15, 0.2) is 0 Å². The van der Waals surface area contributed by atoms with E-state index in [1.165, 1.54) is 0 Å². The zero-order valence-electron chi connectivity index (χ0n) is 14.2. The number of rotatable bonds is 5. The third kappa shape index (κ3) is 5.37. The highest BCUT2D eigenvalue weighted by molar-refractivity contribution is 5.74. The summed E-state index contributed by atoms with van der Waals surface area (Å²) in [5.74, 6) is -3.15. The predicted molar refractivity (Wildman–Crippen MR) is 77.4 cm³/mol. The SMILES string of the molecule is CC(=O)N[C@]1(O)C(O)O[C@H](COC(C)=O)[C@@H](OC(C)=O)[C@@H]1OC(C)=O. The normalized spacial score (nSPS) is 31.6. The van der Waals surface area contributed by atoms with Crippen LogP contribution in [-0.4, -0.2) is 71.0 Å². The molecule has 0 saturated carbocycles. The van der Waals surface area contributed by atoms with Gasteiger partial charge in [0.2, 0.25) is 17.9 Å². The third-order valence-electron chi connectivity index (χ3n) is 3.20. The first-order valence-electron chi connectivity index (χ1n) is 7.29. The molecule has 1 aliphatic rings. The maximum absolute atomic E-state index is 11.4. The van der Waals surface area contributed by atoms with E-state index in [2.05, 4.69) is 0 Å². The fraction of sp³-hybridized carbons (Fsp3) is 0.714. The van der Waals surface area contributed by atoms with E-state index in [-0.39, 0.29) is 0 Å². The van der Waals surface area contributed by atoms with Crippen molar-refractivity contribution in [2.24, 2.45) is 0 Å². The van der Waals surface area contributed by atoms with Gasteiger partial charge in [-0.3, -0.25) is 19.2 Å². The number of aliphatic hydroxyl groups excluding tert-OH is 1. The summed E-state index contributed by atoms with van der Waals surface area (Å²) in [7, 11) is 0. The number of hydrogen-bond acceptors (Lipinski definition) is 10. The first kappa shape index (κ1) is 20.8. The van der Waals surface area contributed by atoms with Gasteiger partial charge in [0.15, 0.2) is 12.2 Å². The van der Waals surface area contributed by atoms with Crippen LogP contribution in [0.1, 0.15) is 27.7 Å². The molecule has 142 valence electrons. The summed E-state index contributed by atoms with van der Waals surface area (Å²) in [6.07, 6.45) is -6.52. The van der Waals surface area contributed by atoms with Gasteiger partial charge in [-0.15, -0.1) is 0 Å². The third-order valence-corrected chi connectivity index (χ3v) is 3.20. The molecule has 0 aliphatic carbocycles. The highest BCUT2D eigenvalue weighted by Crippen LogP contribution is 2.32. The lowest BCUT2D eigenvalue weighted by molar-refractivity contribution is -0.338. The molecular formula is C14H21NO10.